The molecule has 4 N–H and O–H groups in total. The highest BCUT2D eigenvalue weighted by atomic mass is 16.4. The molecule has 0 aromatic rings. The van der Waals surface area contributed by atoms with Crippen molar-refractivity contribution in [2.45, 2.75) is 50.6 Å². The van der Waals surface area contributed by atoms with Crippen molar-refractivity contribution in [2.24, 2.45) is 11.7 Å². The zero-order chi connectivity index (χ0) is 13.5. The predicted octanol–water partition coefficient (Wildman–Crippen LogP) is 0.487. The minimum absolute atomic E-state index is 0.163. The Morgan fingerprint density at radius 3 is 2.67 bits per heavy atom. The van der Waals surface area contributed by atoms with Crippen LogP contribution in [0.4, 0.5) is 0 Å². The van der Waals surface area contributed by atoms with Crippen LogP contribution >= 0.6 is 0 Å². The number of hydrogen-bond donors (Lipinski definition) is 3. The van der Waals surface area contributed by atoms with Crippen LogP contribution in [0.2, 0.25) is 0 Å². The quantitative estimate of drug-likeness (QED) is 0.501. The van der Waals surface area contributed by atoms with E-state index in [9.17, 15) is 14.7 Å². The van der Waals surface area contributed by atoms with Crippen LogP contribution in [0.15, 0.2) is 0 Å². The predicted molar refractivity (Wildman–Crippen MR) is 67.6 cm³/mol. The second-order valence-corrected chi connectivity index (χ2v) is 4.71. The van der Waals surface area contributed by atoms with Gasteiger partial charge >= 0.3 is 5.97 Å². The lowest BCUT2D eigenvalue weighted by Gasteiger charge is -2.24. The number of nitrogens with one attached hydrogen (secondary N) is 1. The monoisotopic (exact) mass is 252 g/mol. The van der Waals surface area contributed by atoms with Gasteiger partial charge in [0.05, 0.1) is 12.0 Å². The summed E-state index contributed by atoms with van der Waals surface area (Å²) in [6.07, 6.45) is 9.37. The average Bonchev–Trinajstić information content (AvgIpc) is 2.54. The van der Waals surface area contributed by atoms with Crippen molar-refractivity contribution in [1.82, 2.24) is 5.32 Å². The third-order valence-corrected chi connectivity index (χ3v) is 3.34. The molecular formula is C13H20N2O3. The number of carbonyl (C=O) groups is 2. The third-order valence-electron chi connectivity index (χ3n) is 3.34. The Hall–Kier alpha value is -1.54. The van der Waals surface area contributed by atoms with Crippen molar-refractivity contribution < 1.29 is 14.7 Å². The number of terminal acetylenes is 1. The fraction of sp³-hybridized carbons (Fsp3) is 0.692. The first-order valence-corrected chi connectivity index (χ1v) is 6.28. The van der Waals surface area contributed by atoms with Crippen LogP contribution in [0.3, 0.4) is 0 Å². The fourth-order valence-electron chi connectivity index (χ4n) is 2.29. The summed E-state index contributed by atoms with van der Waals surface area (Å²) in [6, 6.07) is -1.09. The summed E-state index contributed by atoms with van der Waals surface area (Å²) in [5, 5.41) is 11.9. The lowest BCUT2D eigenvalue weighted by Crippen LogP contribution is -2.49. The highest BCUT2D eigenvalue weighted by molar-refractivity contribution is 5.83. The maximum atomic E-state index is 11.8. The van der Waals surface area contributed by atoms with Crippen molar-refractivity contribution in [3.05, 3.63) is 0 Å². The number of carboxylic acids is 1. The van der Waals surface area contributed by atoms with Crippen molar-refractivity contribution in [1.29, 1.82) is 0 Å². The summed E-state index contributed by atoms with van der Waals surface area (Å²) < 4.78 is 0. The number of nitrogens with two attached hydrogens (primary N) is 1. The molecule has 0 radical (unpaired) electrons. The molecule has 0 bridgehead atoms. The molecule has 0 aromatic heterocycles. The van der Waals surface area contributed by atoms with Gasteiger partial charge in [0.2, 0.25) is 5.91 Å². The Labute approximate surface area is 107 Å². The molecule has 5 heteroatoms. The van der Waals surface area contributed by atoms with Crippen LogP contribution in [0, 0.1) is 18.3 Å². The highest BCUT2D eigenvalue weighted by Crippen LogP contribution is 2.23. The molecule has 18 heavy (non-hydrogen) atoms. The van der Waals surface area contributed by atoms with Gasteiger partial charge in [0, 0.05) is 12.5 Å². The molecule has 0 aromatic carbocycles. The fourth-order valence-corrected chi connectivity index (χ4v) is 2.29. The first kappa shape index (κ1) is 14.5. The first-order chi connectivity index (χ1) is 8.56. The molecule has 5 nitrogen and oxygen atoms in total. The van der Waals surface area contributed by atoms with E-state index in [1.54, 1.807) is 0 Å². The van der Waals surface area contributed by atoms with Gasteiger partial charge in [-0.1, -0.05) is 19.3 Å². The normalized spacial score (nSPS) is 25.6. The summed E-state index contributed by atoms with van der Waals surface area (Å²) in [7, 11) is 0. The lowest BCUT2D eigenvalue weighted by molar-refractivity contribution is -0.143. The SMILES string of the molecule is C#CCC(N)C(=O)NC1CCCCCC1C(=O)O. The Balaban J connectivity index is 2.63. The maximum absolute atomic E-state index is 11.8. The topological polar surface area (TPSA) is 92.4 Å². The molecule has 0 saturated heterocycles. The summed E-state index contributed by atoms with van der Waals surface area (Å²) in [5.74, 6) is 0.601. The van der Waals surface area contributed by atoms with E-state index in [1.807, 2.05) is 0 Å². The van der Waals surface area contributed by atoms with E-state index in [0.717, 1.165) is 19.3 Å². The molecule has 0 heterocycles. The summed E-state index contributed by atoms with van der Waals surface area (Å²) >= 11 is 0. The number of amides is 1. The van der Waals surface area contributed by atoms with E-state index in [2.05, 4.69) is 11.2 Å². The molecule has 0 spiro atoms. The van der Waals surface area contributed by atoms with E-state index < -0.39 is 17.9 Å². The van der Waals surface area contributed by atoms with Crippen molar-refractivity contribution in [3.8, 4) is 12.3 Å². The van der Waals surface area contributed by atoms with Crippen molar-refractivity contribution in [2.75, 3.05) is 0 Å². The standard InChI is InChI=1S/C13H20N2O3/c1-2-6-10(14)12(16)15-11-8-5-3-4-7-9(11)13(17)18/h1,9-11H,3-8,14H2,(H,15,16)(H,17,18). The largest absolute Gasteiger partial charge is 0.481 e. The molecule has 100 valence electrons. The van der Waals surface area contributed by atoms with Gasteiger partial charge in [0.15, 0.2) is 0 Å². The smallest absolute Gasteiger partial charge is 0.308 e. The summed E-state index contributed by atoms with van der Waals surface area (Å²) in [4.78, 5) is 22.9. The van der Waals surface area contributed by atoms with Crippen LogP contribution in [0.1, 0.15) is 38.5 Å². The zero-order valence-electron chi connectivity index (χ0n) is 10.4. The van der Waals surface area contributed by atoms with Crippen LogP contribution in [0.25, 0.3) is 0 Å². The van der Waals surface area contributed by atoms with E-state index in [4.69, 9.17) is 12.2 Å². The van der Waals surface area contributed by atoms with Gasteiger partial charge in [-0.25, -0.2) is 0 Å². The number of rotatable bonds is 4. The van der Waals surface area contributed by atoms with E-state index in [1.165, 1.54) is 0 Å². The average molecular weight is 252 g/mol. The zero-order valence-corrected chi connectivity index (χ0v) is 10.4. The molecule has 3 unspecified atom stereocenters. The van der Waals surface area contributed by atoms with Crippen LogP contribution in [-0.4, -0.2) is 29.1 Å². The van der Waals surface area contributed by atoms with E-state index >= 15 is 0 Å². The van der Waals surface area contributed by atoms with Gasteiger partial charge in [-0.3, -0.25) is 9.59 Å². The van der Waals surface area contributed by atoms with Crippen LogP contribution < -0.4 is 11.1 Å². The molecule has 0 aliphatic heterocycles. The molecule has 1 aliphatic rings. The highest BCUT2D eigenvalue weighted by Gasteiger charge is 2.31. The second kappa shape index (κ2) is 7.02. The lowest BCUT2D eigenvalue weighted by atomic mass is 9.94. The maximum Gasteiger partial charge on any atom is 0.308 e. The van der Waals surface area contributed by atoms with E-state index in [0.29, 0.717) is 12.8 Å². The van der Waals surface area contributed by atoms with E-state index in [-0.39, 0.29) is 18.4 Å². The van der Waals surface area contributed by atoms with Gasteiger partial charge in [0.1, 0.15) is 0 Å². The third kappa shape index (κ3) is 4.04. The Morgan fingerprint density at radius 2 is 2.06 bits per heavy atom. The van der Waals surface area contributed by atoms with Gasteiger partial charge in [-0.2, -0.15) is 0 Å². The molecule has 1 amide bonds. The van der Waals surface area contributed by atoms with Crippen LogP contribution in [-0.2, 0) is 9.59 Å². The number of carbonyl (C=O) groups excluding carboxylic acids is 1. The number of aliphatic carboxylic acids is 1. The Kier molecular flexibility index (Phi) is 5.66. The molecule has 3 atom stereocenters. The molecular weight excluding hydrogens is 232 g/mol. The first-order valence-electron chi connectivity index (χ1n) is 6.28. The molecule has 1 rings (SSSR count). The number of hydrogen-bond acceptors (Lipinski definition) is 3. The minimum Gasteiger partial charge on any atom is -0.481 e. The van der Waals surface area contributed by atoms with Gasteiger partial charge in [0.25, 0.3) is 0 Å². The van der Waals surface area contributed by atoms with Crippen molar-refractivity contribution in [3.63, 3.8) is 0 Å². The molecule has 1 saturated carbocycles. The van der Waals surface area contributed by atoms with Gasteiger partial charge < -0.3 is 16.2 Å². The van der Waals surface area contributed by atoms with Crippen molar-refractivity contribution >= 4 is 11.9 Å². The molecule has 1 aliphatic carbocycles. The second-order valence-electron chi connectivity index (χ2n) is 4.71. The van der Waals surface area contributed by atoms with Gasteiger partial charge in [-0.05, 0) is 12.8 Å². The van der Waals surface area contributed by atoms with Gasteiger partial charge in [-0.15, -0.1) is 12.3 Å². The van der Waals surface area contributed by atoms with Crippen LogP contribution in [0.5, 0.6) is 0 Å². The minimum atomic E-state index is -0.854. The summed E-state index contributed by atoms with van der Waals surface area (Å²) in [5.41, 5.74) is 5.60. The number of carboxylic acid groups (broad SMARTS) is 1. The summed E-state index contributed by atoms with van der Waals surface area (Å²) in [6.45, 7) is 0. The molecule has 1 fully saturated rings. The Bertz CT molecular complexity index is 349. The Morgan fingerprint density at radius 1 is 1.39 bits per heavy atom.